The maximum Gasteiger partial charge on any atom is 0.224 e. The topological polar surface area (TPSA) is 43.9 Å². The molecule has 118 valence electrons. The van der Waals surface area contributed by atoms with Crippen LogP contribution in [0.3, 0.4) is 0 Å². The molecule has 0 aromatic heterocycles. The van der Waals surface area contributed by atoms with Gasteiger partial charge >= 0.3 is 0 Å². The molecule has 0 atom stereocenters. The molecule has 2 aliphatic rings. The van der Waals surface area contributed by atoms with Gasteiger partial charge in [-0.3, -0.25) is 9.59 Å². The van der Waals surface area contributed by atoms with E-state index in [4.69, 9.17) is 0 Å². The minimum atomic E-state index is 0.0979. The summed E-state index contributed by atoms with van der Waals surface area (Å²) in [5.41, 5.74) is 2.65. The van der Waals surface area contributed by atoms with E-state index < -0.39 is 0 Å². The molecule has 0 radical (unpaired) electrons. The van der Waals surface area contributed by atoms with Crippen molar-refractivity contribution in [2.75, 3.05) is 44.2 Å². The highest BCUT2D eigenvalue weighted by Crippen LogP contribution is 2.27. The number of hydrogen-bond donors (Lipinski definition) is 0. The van der Waals surface area contributed by atoms with Gasteiger partial charge in [-0.05, 0) is 18.1 Å². The van der Waals surface area contributed by atoms with Gasteiger partial charge < -0.3 is 14.7 Å². The molecule has 2 amide bonds. The van der Waals surface area contributed by atoms with Crippen LogP contribution in [0.25, 0.3) is 0 Å². The first-order valence-corrected chi connectivity index (χ1v) is 8.01. The third-order valence-electron chi connectivity index (χ3n) is 4.66. The Labute approximate surface area is 131 Å². The lowest BCUT2D eigenvalue weighted by Crippen LogP contribution is -2.50. The van der Waals surface area contributed by atoms with Gasteiger partial charge in [0.2, 0.25) is 11.8 Å². The van der Waals surface area contributed by atoms with Crippen LogP contribution in [-0.2, 0) is 16.0 Å². The Morgan fingerprint density at radius 3 is 2.41 bits per heavy atom. The van der Waals surface area contributed by atoms with E-state index in [-0.39, 0.29) is 11.8 Å². The number of fused-ring (bicyclic) bond motifs is 1. The summed E-state index contributed by atoms with van der Waals surface area (Å²) in [5, 5.41) is 0. The summed E-state index contributed by atoms with van der Waals surface area (Å²) in [4.78, 5) is 29.6. The summed E-state index contributed by atoms with van der Waals surface area (Å²) in [6, 6.07) is 8.43. The normalized spacial score (nSPS) is 17.6. The van der Waals surface area contributed by atoms with Gasteiger partial charge in [-0.25, -0.2) is 0 Å². The molecular formula is C17H23N3O2. The zero-order valence-corrected chi connectivity index (χ0v) is 13.1. The SMILES string of the molecule is CC(=O)N1CCN(C(=O)CCN2CCc3ccccc32)CC1. The van der Waals surface area contributed by atoms with Crippen LogP contribution in [0.5, 0.6) is 0 Å². The van der Waals surface area contributed by atoms with Gasteiger partial charge in [0.1, 0.15) is 0 Å². The first-order valence-electron chi connectivity index (χ1n) is 8.01. The number of anilines is 1. The Morgan fingerprint density at radius 1 is 1.00 bits per heavy atom. The molecule has 5 heteroatoms. The zero-order chi connectivity index (χ0) is 15.5. The maximum atomic E-state index is 12.3. The number of carbonyl (C=O) groups is 2. The van der Waals surface area contributed by atoms with Crippen molar-refractivity contribution in [1.82, 2.24) is 9.80 Å². The molecule has 5 nitrogen and oxygen atoms in total. The van der Waals surface area contributed by atoms with Crippen molar-refractivity contribution < 1.29 is 9.59 Å². The van der Waals surface area contributed by atoms with Gasteiger partial charge in [-0.2, -0.15) is 0 Å². The van der Waals surface area contributed by atoms with E-state index in [9.17, 15) is 9.59 Å². The number of para-hydroxylation sites is 1. The number of rotatable bonds is 3. The van der Waals surface area contributed by atoms with Crippen LogP contribution >= 0.6 is 0 Å². The van der Waals surface area contributed by atoms with Crippen molar-refractivity contribution in [1.29, 1.82) is 0 Å². The molecule has 3 rings (SSSR count). The molecule has 22 heavy (non-hydrogen) atoms. The van der Waals surface area contributed by atoms with Gasteiger partial charge in [0.15, 0.2) is 0 Å². The average Bonchev–Trinajstić information content (AvgIpc) is 2.96. The number of nitrogens with zero attached hydrogens (tertiary/aromatic N) is 3. The Morgan fingerprint density at radius 2 is 1.68 bits per heavy atom. The van der Waals surface area contributed by atoms with E-state index in [0.717, 1.165) is 19.5 Å². The summed E-state index contributed by atoms with van der Waals surface area (Å²) in [7, 11) is 0. The smallest absolute Gasteiger partial charge is 0.224 e. The predicted molar refractivity (Wildman–Crippen MR) is 85.8 cm³/mol. The molecule has 1 saturated heterocycles. The summed E-state index contributed by atoms with van der Waals surface area (Å²) in [6.45, 7) is 6.01. The highest BCUT2D eigenvalue weighted by Gasteiger charge is 2.24. The minimum absolute atomic E-state index is 0.0979. The zero-order valence-electron chi connectivity index (χ0n) is 13.1. The van der Waals surface area contributed by atoms with E-state index in [1.807, 2.05) is 4.90 Å². The van der Waals surface area contributed by atoms with E-state index in [0.29, 0.717) is 32.6 Å². The number of benzene rings is 1. The van der Waals surface area contributed by atoms with E-state index in [2.05, 4.69) is 29.2 Å². The van der Waals surface area contributed by atoms with Crippen LogP contribution in [0.4, 0.5) is 5.69 Å². The van der Waals surface area contributed by atoms with Crippen molar-refractivity contribution in [3.05, 3.63) is 29.8 Å². The number of hydrogen-bond acceptors (Lipinski definition) is 3. The van der Waals surface area contributed by atoms with Crippen LogP contribution in [0.1, 0.15) is 18.9 Å². The summed E-state index contributed by atoms with van der Waals surface area (Å²) >= 11 is 0. The molecule has 2 aliphatic heterocycles. The van der Waals surface area contributed by atoms with Crippen LogP contribution < -0.4 is 4.90 Å². The van der Waals surface area contributed by atoms with Crippen molar-refractivity contribution in [3.8, 4) is 0 Å². The first-order chi connectivity index (χ1) is 10.6. The quantitative estimate of drug-likeness (QED) is 0.840. The summed E-state index contributed by atoms with van der Waals surface area (Å²) < 4.78 is 0. The molecule has 1 aromatic carbocycles. The second-order valence-electron chi connectivity index (χ2n) is 6.00. The predicted octanol–water partition coefficient (Wildman–Crippen LogP) is 1.13. The van der Waals surface area contributed by atoms with Crippen LogP contribution in [0.2, 0.25) is 0 Å². The fraction of sp³-hybridized carbons (Fsp3) is 0.529. The first kappa shape index (κ1) is 14.9. The maximum absolute atomic E-state index is 12.3. The molecule has 0 aliphatic carbocycles. The highest BCUT2D eigenvalue weighted by atomic mass is 16.2. The van der Waals surface area contributed by atoms with E-state index in [1.165, 1.54) is 11.3 Å². The standard InChI is InChI=1S/C17H23N3O2/c1-14(21)18-10-12-20(13-11-18)17(22)7-9-19-8-6-15-4-2-3-5-16(15)19/h2-5H,6-13H2,1H3. The molecule has 0 bridgehead atoms. The van der Waals surface area contributed by atoms with E-state index in [1.54, 1.807) is 11.8 Å². The summed E-state index contributed by atoms with van der Waals surface area (Å²) in [5.74, 6) is 0.299. The lowest BCUT2D eigenvalue weighted by molar-refractivity contribution is -0.138. The van der Waals surface area contributed by atoms with Crippen LogP contribution in [-0.4, -0.2) is 60.9 Å². The average molecular weight is 301 g/mol. The molecule has 1 fully saturated rings. The van der Waals surface area contributed by atoms with Crippen LogP contribution in [0, 0.1) is 0 Å². The Balaban J connectivity index is 1.49. The van der Waals surface area contributed by atoms with Crippen LogP contribution in [0.15, 0.2) is 24.3 Å². The Hall–Kier alpha value is -2.04. The largest absolute Gasteiger partial charge is 0.370 e. The molecule has 2 heterocycles. The third-order valence-corrected chi connectivity index (χ3v) is 4.66. The second-order valence-corrected chi connectivity index (χ2v) is 6.00. The molecule has 0 spiro atoms. The molecular weight excluding hydrogens is 278 g/mol. The molecule has 0 N–H and O–H groups in total. The van der Waals surface area contributed by atoms with Gasteiger partial charge in [-0.1, -0.05) is 18.2 Å². The Bertz CT molecular complexity index is 565. The number of piperazine rings is 1. The van der Waals surface area contributed by atoms with Gasteiger partial charge in [0.05, 0.1) is 0 Å². The van der Waals surface area contributed by atoms with Crippen molar-refractivity contribution in [2.45, 2.75) is 19.8 Å². The van der Waals surface area contributed by atoms with Crippen molar-refractivity contribution in [2.24, 2.45) is 0 Å². The van der Waals surface area contributed by atoms with Gasteiger partial charge in [-0.15, -0.1) is 0 Å². The lowest BCUT2D eigenvalue weighted by atomic mass is 10.2. The van der Waals surface area contributed by atoms with Crippen molar-refractivity contribution >= 4 is 17.5 Å². The minimum Gasteiger partial charge on any atom is -0.370 e. The molecule has 1 aromatic rings. The Kier molecular flexibility index (Phi) is 4.32. The highest BCUT2D eigenvalue weighted by molar-refractivity contribution is 5.78. The third kappa shape index (κ3) is 3.08. The number of amides is 2. The van der Waals surface area contributed by atoms with Gasteiger partial charge in [0, 0.05) is 58.3 Å². The molecule has 0 saturated carbocycles. The fourth-order valence-electron chi connectivity index (χ4n) is 3.30. The fourth-order valence-corrected chi connectivity index (χ4v) is 3.30. The van der Waals surface area contributed by atoms with E-state index >= 15 is 0 Å². The monoisotopic (exact) mass is 301 g/mol. The second kappa shape index (κ2) is 6.38. The molecule has 0 unspecified atom stereocenters. The van der Waals surface area contributed by atoms with Gasteiger partial charge in [0.25, 0.3) is 0 Å². The summed E-state index contributed by atoms with van der Waals surface area (Å²) in [6.07, 6.45) is 1.62. The lowest BCUT2D eigenvalue weighted by Gasteiger charge is -2.34. The number of carbonyl (C=O) groups excluding carboxylic acids is 2. The van der Waals surface area contributed by atoms with Crippen molar-refractivity contribution in [3.63, 3.8) is 0 Å².